The lowest BCUT2D eigenvalue weighted by molar-refractivity contribution is -0.116. The summed E-state index contributed by atoms with van der Waals surface area (Å²) in [6, 6.07) is 12.1. The number of ether oxygens (including phenoxy) is 3. The molecule has 0 aliphatic carbocycles. The Kier molecular flexibility index (Phi) is 7.04. The Labute approximate surface area is 176 Å². The third kappa shape index (κ3) is 5.79. The summed E-state index contributed by atoms with van der Waals surface area (Å²) in [5.41, 5.74) is 1.14. The third-order valence-corrected chi connectivity index (χ3v) is 5.62. The van der Waals surface area contributed by atoms with E-state index in [-0.39, 0.29) is 18.9 Å². The van der Waals surface area contributed by atoms with Crippen LogP contribution in [0.3, 0.4) is 0 Å². The number of rotatable bonds is 9. The Morgan fingerprint density at radius 1 is 1.10 bits per heavy atom. The van der Waals surface area contributed by atoms with Crippen molar-refractivity contribution in [2.24, 2.45) is 0 Å². The van der Waals surface area contributed by atoms with Crippen LogP contribution in [0.15, 0.2) is 42.5 Å². The molecule has 0 unspecified atom stereocenters. The highest BCUT2D eigenvalue weighted by atomic mass is 32.2. The molecule has 0 atom stereocenters. The molecule has 30 heavy (non-hydrogen) atoms. The number of nitrogens with zero attached hydrogens (tertiary/aromatic N) is 1. The van der Waals surface area contributed by atoms with Crippen LogP contribution in [0, 0.1) is 0 Å². The number of benzene rings is 2. The number of carbonyl (C=O) groups excluding carboxylic acids is 1. The molecule has 8 nitrogen and oxygen atoms in total. The van der Waals surface area contributed by atoms with Gasteiger partial charge in [-0.05, 0) is 49.7 Å². The fourth-order valence-corrected chi connectivity index (χ4v) is 4.05. The summed E-state index contributed by atoms with van der Waals surface area (Å²) < 4.78 is 42.1. The van der Waals surface area contributed by atoms with Crippen molar-refractivity contribution in [2.45, 2.75) is 19.8 Å². The topological polar surface area (TPSA) is 94.2 Å². The van der Waals surface area contributed by atoms with Gasteiger partial charge in [-0.1, -0.05) is 0 Å². The molecule has 1 amide bonds. The van der Waals surface area contributed by atoms with Crippen molar-refractivity contribution >= 4 is 27.3 Å². The molecule has 162 valence electrons. The third-order valence-electron chi connectivity index (χ3n) is 4.43. The number of amides is 1. The molecular weight excluding hydrogens is 408 g/mol. The van der Waals surface area contributed by atoms with Gasteiger partial charge in [-0.3, -0.25) is 9.10 Å². The van der Waals surface area contributed by atoms with E-state index in [2.05, 4.69) is 5.32 Å². The molecule has 0 radical (unpaired) electrons. The van der Waals surface area contributed by atoms with E-state index < -0.39 is 10.0 Å². The van der Waals surface area contributed by atoms with Crippen LogP contribution < -0.4 is 23.8 Å². The molecule has 0 saturated carbocycles. The Morgan fingerprint density at radius 2 is 1.80 bits per heavy atom. The van der Waals surface area contributed by atoms with Gasteiger partial charge in [0, 0.05) is 24.7 Å². The molecule has 0 bridgehead atoms. The number of hydrogen-bond donors (Lipinski definition) is 1. The molecule has 1 aliphatic rings. The van der Waals surface area contributed by atoms with Gasteiger partial charge in [0.05, 0.1) is 18.6 Å². The van der Waals surface area contributed by atoms with Gasteiger partial charge in [0.1, 0.15) is 19.0 Å². The van der Waals surface area contributed by atoms with Crippen molar-refractivity contribution in [3.8, 4) is 17.2 Å². The molecule has 2 aromatic carbocycles. The first-order chi connectivity index (χ1) is 14.4. The van der Waals surface area contributed by atoms with E-state index in [4.69, 9.17) is 14.2 Å². The van der Waals surface area contributed by atoms with Crippen molar-refractivity contribution in [2.75, 3.05) is 42.2 Å². The number of hydrogen-bond acceptors (Lipinski definition) is 6. The monoisotopic (exact) mass is 434 g/mol. The molecule has 9 heteroatoms. The van der Waals surface area contributed by atoms with Gasteiger partial charge in [0.25, 0.3) is 0 Å². The zero-order valence-electron chi connectivity index (χ0n) is 17.1. The largest absolute Gasteiger partial charge is 0.494 e. The molecular formula is C21H26N2O6S. The maximum absolute atomic E-state index is 12.3. The first-order valence-electron chi connectivity index (χ1n) is 9.77. The molecule has 1 aliphatic heterocycles. The summed E-state index contributed by atoms with van der Waals surface area (Å²) in [6.45, 7) is 3.59. The number of sulfonamides is 1. The first kappa shape index (κ1) is 21.8. The highest BCUT2D eigenvalue weighted by Crippen LogP contribution is 2.32. The number of fused-ring (bicyclic) bond motifs is 1. The molecule has 0 aromatic heterocycles. The molecule has 0 spiro atoms. The molecule has 0 saturated heterocycles. The summed E-state index contributed by atoms with van der Waals surface area (Å²) in [5.74, 6) is 1.72. The van der Waals surface area contributed by atoms with Crippen molar-refractivity contribution in [3.63, 3.8) is 0 Å². The SMILES string of the molecule is CCOc1ccc(N(CCCC(=O)Nc2ccc3c(c2)OCCO3)S(C)(=O)=O)cc1. The van der Waals surface area contributed by atoms with Gasteiger partial charge >= 0.3 is 0 Å². The summed E-state index contributed by atoms with van der Waals surface area (Å²) in [7, 11) is -3.48. The summed E-state index contributed by atoms with van der Waals surface area (Å²) in [4.78, 5) is 12.3. The second-order valence-corrected chi connectivity index (χ2v) is 8.68. The van der Waals surface area contributed by atoms with E-state index in [1.54, 1.807) is 42.5 Å². The number of anilines is 2. The van der Waals surface area contributed by atoms with Crippen molar-refractivity contribution in [1.29, 1.82) is 0 Å². The van der Waals surface area contributed by atoms with Gasteiger partial charge < -0.3 is 19.5 Å². The van der Waals surface area contributed by atoms with Crippen LogP contribution >= 0.6 is 0 Å². The van der Waals surface area contributed by atoms with Crippen LogP contribution in [0.25, 0.3) is 0 Å². The lowest BCUT2D eigenvalue weighted by atomic mass is 10.2. The van der Waals surface area contributed by atoms with Crippen molar-refractivity contribution in [1.82, 2.24) is 0 Å². The van der Waals surface area contributed by atoms with Gasteiger partial charge in [0.15, 0.2) is 11.5 Å². The highest BCUT2D eigenvalue weighted by molar-refractivity contribution is 7.92. The van der Waals surface area contributed by atoms with Crippen LogP contribution in [-0.2, 0) is 14.8 Å². The van der Waals surface area contributed by atoms with Crippen LogP contribution in [0.4, 0.5) is 11.4 Å². The van der Waals surface area contributed by atoms with E-state index in [9.17, 15) is 13.2 Å². The maximum Gasteiger partial charge on any atom is 0.232 e. The van der Waals surface area contributed by atoms with Crippen molar-refractivity contribution < 1.29 is 27.4 Å². The normalized spacial score (nSPS) is 12.9. The molecule has 3 rings (SSSR count). The van der Waals surface area contributed by atoms with E-state index in [1.807, 2.05) is 6.92 Å². The average Bonchev–Trinajstić information content (AvgIpc) is 2.71. The lowest BCUT2D eigenvalue weighted by Crippen LogP contribution is -2.31. The zero-order chi connectivity index (χ0) is 21.6. The molecule has 0 fully saturated rings. The number of nitrogens with one attached hydrogen (secondary N) is 1. The van der Waals surface area contributed by atoms with Gasteiger partial charge in [-0.2, -0.15) is 0 Å². The number of carbonyl (C=O) groups is 1. The minimum Gasteiger partial charge on any atom is -0.494 e. The average molecular weight is 435 g/mol. The highest BCUT2D eigenvalue weighted by Gasteiger charge is 2.18. The molecule has 1 N–H and O–H groups in total. The Hall–Kier alpha value is -2.94. The summed E-state index contributed by atoms with van der Waals surface area (Å²) in [5, 5.41) is 2.81. The lowest BCUT2D eigenvalue weighted by Gasteiger charge is -2.22. The van der Waals surface area contributed by atoms with Crippen LogP contribution in [0.2, 0.25) is 0 Å². The first-order valence-corrected chi connectivity index (χ1v) is 11.6. The van der Waals surface area contributed by atoms with E-state index in [0.29, 0.717) is 54.9 Å². The second kappa shape index (κ2) is 9.71. The fraction of sp³-hybridized carbons (Fsp3) is 0.381. The van der Waals surface area contributed by atoms with Crippen LogP contribution in [0.5, 0.6) is 17.2 Å². The molecule has 2 aromatic rings. The Bertz CT molecular complexity index is 975. The quantitative estimate of drug-likeness (QED) is 0.652. The van der Waals surface area contributed by atoms with Gasteiger partial charge in [-0.15, -0.1) is 0 Å². The zero-order valence-corrected chi connectivity index (χ0v) is 17.9. The Balaban J connectivity index is 1.56. The van der Waals surface area contributed by atoms with E-state index in [1.165, 1.54) is 4.31 Å². The van der Waals surface area contributed by atoms with Crippen LogP contribution in [-0.4, -0.2) is 46.9 Å². The molecule has 1 heterocycles. The van der Waals surface area contributed by atoms with E-state index >= 15 is 0 Å². The minimum atomic E-state index is -3.48. The maximum atomic E-state index is 12.3. The smallest absolute Gasteiger partial charge is 0.232 e. The van der Waals surface area contributed by atoms with Gasteiger partial charge in [0.2, 0.25) is 15.9 Å². The standard InChI is InChI=1S/C21H26N2O6S/c1-3-27-18-9-7-17(8-10-18)23(30(2,25)26)12-4-5-21(24)22-16-6-11-19-20(15-16)29-14-13-28-19/h6-11,15H,3-5,12-14H2,1-2H3,(H,22,24). The van der Waals surface area contributed by atoms with Crippen molar-refractivity contribution in [3.05, 3.63) is 42.5 Å². The predicted octanol–water partition coefficient (Wildman–Crippen LogP) is 3.04. The summed E-state index contributed by atoms with van der Waals surface area (Å²) >= 11 is 0. The van der Waals surface area contributed by atoms with E-state index in [0.717, 1.165) is 6.26 Å². The summed E-state index contributed by atoms with van der Waals surface area (Å²) in [6.07, 6.45) is 1.70. The fourth-order valence-electron chi connectivity index (χ4n) is 3.09. The van der Waals surface area contributed by atoms with Gasteiger partial charge in [-0.25, -0.2) is 8.42 Å². The second-order valence-electron chi connectivity index (χ2n) is 6.77. The minimum absolute atomic E-state index is 0.178. The Morgan fingerprint density at radius 3 is 2.47 bits per heavy atom. The predicted molar refractivity (Wildman–Crippen MR) is 115 cm³/mol. The van der Waals surface area contributed by atoms with Crippen LogP contribution in [0.1, 0.15) is 19.8 Å².